The highest BCUT2D eigenvalue weighted by Gasteiger charge is 2.27. The number of halogens is 2. The van der Waals surface area contributed by atoms with Gasteiger partial charge in [0.1, 0.15) is 11.4 Å². The zero-order valence-corrected chi connectivity index (χ0v) is 11.1. The average Bonchev–Trinajstić information content (AvgIpc) is 2.38. The molecule has 0 spiro atoms. The molecule has 1 rings (SSSR count). The minimum Gasteiger partial charge on any atom is -0.380 e. The van der Waals surface area contributed by atoms with Crippen molar-refractivity contribution < 1.29 is 23.2 Å². The molecule has 0 saturated heterocycles. The summed E-state index contributed by atoms with van der Waals surface area (Å²) in [6.07, 6.45) is 0. The minimum absolute atomic E-state index is 0.119. The Morgan fingerprint density at radius 3 is 2.65 bits per heavy atom. The number of nitro benzene ring substituents is 1. The van der Waals surface area contributed by atoms with Crippen LogP contribution in [-0.4, -0.2) is 42.5 Å². The van der Waals surface area contributed by atoms with Gasteiger partial charge >= 0.3 is 5.69 Å². The van der Waals surface area contributed by atoms with Gasteiger partial charge in [0.25, 0.3) is 5.91 Å². The van der Waals surface area contributed by atoms with Crippen LogP contribution in [0.5, 0.6) is 0 Å². The van der Waals surface area contributed by atoms with Crippen LogP contribution in [0.1, 0.15) is 17.3 Å². The van der Waals surface area contributed by atoms with Crippen LogP contribution >= 0.6 is 0 Å². The molecular formula is C12H14F2N2O4. The van der Waals surface area contributed by atoms with Gasteiger partial charge in [-0.1, -0.05) is 0 Å². The standard InChI is InChI=1S/C12H14F2N2O4/c1-3-20-7-6-15(2)12(17)10-8(13)4-5-9(11(10)14)16(18)19/h4-5H,3,6-7H2,1-2H3. The topological polar surface area (TPSA) is 72.7 Å². The second kappa shape index (κ2) is 6.90. The van der Waals surface area contributed by atoms with Crippen molar-refractivity contribution in [3.05, 3.63) is 39.4 Å². The molecule has 0 aromatic heterocycles. The molecule has 1 amide bonds. The molecule has 0 aliphatic rings. The van der Waals surface area contributed by atoms with Crippen molar-refractivity contribution in [1.29, 1.82) is 0 Å². The molecule has 0 saturated carbocycles. The summed E-state index contributed by atoms with van der Waals surface area (Å²) in [5, 5.41) is 10.6. The molecule has 20 heavy (non-hydrogen) atoms. The molecule has 0 N–H and O–H groups in total. The normalized spacial score (nSPS) is 10.4. The van der Waals surface area contributed by atoms with E-state index in [1.165, 1.54) is 7.05 Å². The van der Waals surface area contributed by atoms with Crippen molar-refractivity contribution in [1.82, 2.24) is 4.90 Å². The van der Waals surface area contributed by atoms with E-state index in [-0.39, 0.29) is 13.2 Å². The summed E-state index contributed by atoms with van der Waals surface area (Å²) >= 11 is 0. The van der Waals surface area contributed by atoms with Gasteiger partial charge in [0.2, 0.25) is 5.82 Å². The van der Waals surface area contributed by atoms with Crippen LogP contribution in [0.2, 0.25) is 0 Å². The number of benzene rings is 1. The molecule has 6 nitrogen and oxygen atoms in total. The lowest BCUT2D eigenvalue weighted by Crippen LogP contribution is -2.31. The first-order chi connectivity index (χ1) is 9.40. The second-order valence-electron chi connectivity index (χ2n) is 3.94. The maximum atomic E-state index is 13.8. The fourth-order valence-electron chi connectivity index (χ4n) is 1.52. The molecule has 1 aromatic rings. The Morgan fingerprint density at radius 2 is 2.10 bits per heavy atom. The zero-order valence-electron chi connectivity index (χ0n) is 11.1. The van der Waals surface area contributed by atoms with E-state index in [0.717, 1.165) is 4.90 Å². The maximum absolute atomic E-state index is 13.8. The SMILES string of the molecule is CCOCCN(C)C(=O)c1c(F)ccc([N+](=O)[O-])c1F. The Labute approximate surface area is 114 Å². The van der Waals surface area contributed by atoms with E-state index in [2.05, 4.69) is 0 Å². The number of amides is 1. The van der Waals surface area contributed by atoms with Crippen molar-refractivity contribution in [3.8, 4) is 0 Å². The summed E-state index contributed by atoms with van der Waals surface area (Å²) in [6, 6.07) is 1.38. The maximum Gasteiger partial charge on any atom is 0.305 e. The van der Waals surface area contributed by atoms with Crippen LogP contribution in [0, 0.1) is 21.7 Å². The van der Waals surface area contributed by atoms with Crippen LogP contribution < -0.4 is 0 Å². The van der Waals surface area contributed by atoms with E-state index < -0.39 is 33.7 Å². The zero-order chi connectivity index (χ0) is 15.3. The number of nitro groups is 1. The highest BCUT2D eigenvalue weighted by atomic mass is 19.1. The van der Waals surface area contributed by atoms with E-state index in [1.54, 1.807) is 6.92 Å². The van der Waals surface area contributed by atoms with Gasteiger partial charge in [-0.05, 0) is 13.0 Å². The average molecular weight is 288 g/mol. The van der Waals surface area contributed by atoms with Crippen molar-refractivity contribution in [2.75, 3.05) is 26.8 Å². The summed E-state index contributed by atoms with van der Waals surface area (Å²) in [6.45, 7) is 2.54. The first kappa shape index (κ1) is 16.0. The second-order valence-corrected chi connectivity index (χ2v) is 3.94. The van der Waals surface area contributed by atoms with E-state index in [9.17, 15) is 23.7 Å². The van der Waals surface area contributed by atoms with Gasteiger partial charge in [-0.15, -0.1) is 0 Å². The third kappa shape index (κ3) is 3.47. The van der Waals surface area contributed by atoms with E-state index in [1.807, 2.05) is 0 Å². The van der Waals surface area contributed by atoms with Gasteiger partial charge < -0.3 is 9.64 Å². The molecule has 0 bridgehead atoms. The van der Waals surface area contributed by atoms with Crippen LogP contribution in [0.3, 0.4) is 0 Å². The van der Waals surface area contributed by atoms with E-state index >= 15 is 0 Å². The molecule has 0 heterocycles. The molecule has 0 aliphatic carbocycles. The Hall–Kier alpha value is -2.09. The van der Waals surface area contributed by atoms with Crippen molar-refractivity contribution in [2.45, 2.75) is 6.92 Å². The number of hydrogen-bond donors (Lipinski definition) is 0. The monoisotopic (exact) mass is 288 g/mol. The Kier molecular flexibility index (Phi) is 5.51. The number of rotatable bonds is 6. The number of likely N-dealkylation sites (N-methyl/N-ethyl adjacent to an activating group) is 1. The summed E-state index contributed by atoms with van der Waals surface area (Å²) in [5.41, 5.74) is -1.87. The van der Waals surface area contributed by atoms with Crippen LogP contribution in [0.25, 0.3) is 0 Å². The van der Waals surface area contributed by atoms with Gasteiger partial charge in [0.05, 0.1) is 11.5 Å². The molecular weight excluding hydrogens is 274 g/mol. The largest absolute Gasteiger partial charge is 0.380 e. The molecule has 110 valence electrons. The third-order valence-corrected chi connectivity index (χ3v) is 2.60. The van der Waals surface area contributed by atoms with Crippen LogP contribution in [-0.2, 0) is 4.74 Å². The first-order valence-corrected chi connectivity index (χ1v) is 5.85. The Morgan fingerprint density at radius 1 is 1.45 bits per heavy atom. The highest BCUT2D eigenvalue weighted by molar-refractivity contribution is 5.95. The predicted molar refractivity (Wildman–Crippen MR) is 66.5 cm³/mol. The molecule has 0 aliphatic heterocycles. The van der Waals surface area contributed by atoms with Gasteiger partial charge in [0, 0.05) is 26.3 Å². The third-order valence-electron chi connectivity index (χ3n) is 2.60. The van der Waals surface area contributed by atoms with E-state index in [4.69, 9.17) is 4.74 Å². The quantitative estimate of drug-likeness (QED) is 0.456. The molecule has 1 aromatic carbocycles. The number of ether oxygens (including phenoxy) is 1. The van der Waals surface area contributed by atoms with E-state index in [0.29, 0.717) is 18.7 Å². The fraction of sp³-hybridized carbons (Fsp3) is 0.417. The van der Waals surface area contributed by atoms with Gasteiger partial charge in [0.15, 0.2) is 0 Å². The van der Waals surface area contributed by atoms with Crippen molar-refractivity contribution in [3.63, 3.8) is 0 Å². The summed E-state index contributed by atoms with van der Waals surface area (Å²) in [4.78, 5) is 22.5. The number of carbonyl (C=O) groups excluding carboxylic acids is 1. The van der Waals surface area contributed by atoms with Gasteiger partial charge in [-0.3, -0.25) is 14.9 Å². The Balaban J connectivity index is 3.03. The number of carbonyl (C=O) groups is 1. The van der Waals surface area contributed by atoms with Crippen LogP contribution in [0.15, 0.2) is 12.1 Å². The molecule has 0 fully saturated rings. The first-order valence-electron chi connectivity index (χ1n) is 5.85. The lowest BCUT2D eigenvalue weighted by Gasteiger charge is -2.17. The smallest absolute Gasteiger partial charge is 0.305 e. The Bertz CT molecular complexity index is 522. The molecule has 8 heteroatoms. The number of hydrogen-bond acceptors (Lipinski definition) is 4. The summed E-state index contributed by atoms with van der Waals surface area (Å²) in [7, 11) is 1.33. The van der Waals surface area contributed by atoms with Crippen molar-refractivity contribution >= 4 is 11.6 Å². The summed E-state index contributed by atoms with van der Waals surface area (Å²) in [5.74, 6) is -3.58. The predicted octanol–water partition coefficient (Wildman–Crippen LogP) is 1.98. The van der Waals surface area contributed by atoms with Crippen molar-refractivity contribution in [2.24, 2.45) is 0 Å². The molecule has 0 unspecified atom stereocenters. The lowest BCUT2D eigenvalue weighted by atomic mass is 10.1. The molecule has 0 atom stereocenters. The fourth-order valence-corrected chi connectivity index (χ4v) is 1.52. The summed E-state index contributed by atoms with van der Waals surface area (Å²) < 4.78 is 32.4. The van der Waals surface area contributed by atoms with Gasteiger partial charge in [-0.2, -0.15) is 4.39 Å². The highest BCUT2D eigenvalue weighted by Crippen LogP contribution is 2.23. The lowest BCUT2D eigenvalue weighted by molar-refractivity contribution is -0.387. The number of nitrogens with zero attached hydrogens (tertiary/aromatic N) is 2. The van der Waals surface area contributed by atoms with Crippen LogP contribution in [0.4, 0.5) is 14.5 Å². The minimum atomic E-state index is -1.47. The van der Waals surface area contributed by atoms with Gasteiger partial charge in [-0.25, -0.2) is 4.39 Å². The molecule has 0 radical (unpaired) electrons.